The Labute approximate surface area is 122 Å². The molecule has 1 rings (SSSR count). The van der Waals surface area contributed by atoms with Crippen LogP contribution in [0.3, 0.4) is 0 Å². The molecule has 0 aliphatic rings. The maximum absolute atomic E-state index is 5.93. The summed E-state index contributed by atoms with van der Waals surface area (Å²) in [6, 6.07) is 8.02. The number of likely N-dealkylation sites (N-methyl/N-ethyl adjacent to an activating group) is 1. The zero-order valence-electron chi connectivity index (χ0n) is 12.9. The second-order valence-electron chi connectivity index (χ2n) is 4.56. The molecule has 0 amide bonds. The SMILES string of the molecule is CCCOCCOC(CNCC)c1cccc(OC)c1. The molecule has 0 fully saturated rings. The molecule has 0 aliphatic carbocycles. The van der Waals surface area contributed by atoms with E-state index in [4.69, 9.17) is 14.2 Å². The van der Waals surface area contributed by atoms with Crippen molar-refractivity contribution in [3.05, 3.63) is 29.8 Å². The van der Waals surface area contributed by atoms with Crippen molar-refractivity contribution in [2.24, 2.45) is 0 Å². The number of hydrogen-bond acceptors (Lipinski definition) is 4. The summed E-state index contributed by atoms with van der Waals surface area (Å²) in [6.45, 7) is 7.94. The Bertz CT molecular complexity index is 357. The highest BCUT2D eigenvalue weighted by molar-refractivity contribution is 5.30. The molecule has 0 saturated carbocycles. The van der Waals surface area contributed by atoms with E-state index in [1.807, 2.05) is 18.2 Å². The molecule has 1 aromatic carbocycles. The van der Waals surface area contributed by atoms with Crippen molar-refractivity contribution in [2.75, 3.05) is 40.0 Å². The third-order valence-electron chi connectivity index (χ3n) is 2.94. The molecule has 0 heterocycles. The van der Waals surface area contributed by atoms with E-state index in [2.05, 4.69) is 25.2 Å². The molecule has 114 valence electrons. The lowest BCUT2D eigenvalue weighted by Gasteiger charge is -2.19. The molecule has 1 unspecified atom stereocenters. The van der Waals surface area contributed by atoms with Gasteiger partial charge in [0.1, 0.15) is 5.75 Å². The number of benzene rings is 1. The Morgan fingerprint density at radius 3 is 2.70 bits per heavy atom. The molecule has 0 aliphatic heterocycles. The summed E-state index contributed by atoms with van der Waals surface area (Å²) in [5, 5.41) is 3.33. The molecule has 0 saturated heterocycles. The van der Waals surface area contributed by atoms with Gasteiger partial charge < -0.3 is 19.5 Å². The first-order valence-corrected chi connectivity index (χ1v) is 7.35. The first kappa shape index (κ1) is 17.0. The molecule has 1 N–H and O–H groups in total. The van der Waals surface area contributed by atoms with Gasteiger partial charge in [0.15, 0.2) is 0 Å². The highest BCUT2D eigenvalue weighted by atomic mass is 16.5. The Morgan fingerprint density at radius 2 is 2.00 bits per heavy atom. The van der Waals surface area contributed by atoms with E-state index in [9.17, 15) is 0 Å². The zero-order valence-corrected chi connectivity index (χ0v) is 12.9. The topological polar surface area (TPSA) is 39.7 Å². The minimum atomic E-state index is 0.0234. The normalized spacial score (nSPS) is 12.3. The van der Waals surface area contributed by atoms with Crippen molar-refractivity contribution in [3.63, 3.8) is 0 Å². The van der Waals surface area contributed by atoms with Crippen LogP contribution in [0.15, 0.2) is 24.3 Å². The van der Waals surface area contributed by atoms with Gasteiger partial charge in [-0.2, -0.15) is 0 Å². The van der Waals surface area contributed by atoms with Gasteiger partial charge in [-0.3, -0.25) is 0 Å². The average molecular weight is 281 g/mol. The summed E-state index contributed by atoms with van der Waals surface area (Å²) in [6.07, 6.45) is 1.06. The van der Waals surface area contributed by atoms with Gasteiger partial charge in [0, 0.05) is 13.2 Å². The van der Waals surface area contributed by atoms with Gasteiger partial charge in [0.2, 0.25) is 0 Å². The summed E-state index contributed by atoms with van der Waals surface area (Å²) in [7, 11) is 1.68. The zero-order chi connectivity index (χ0) is 14.6. The van der Waals surface area contributed by atoms with Gasteiger partial charge >= 0.3 is 0 Å². The molecule has 4 heteroatoms. The lowest BCUT2D eigenvalue weighted by molar-refractivity contribution is 0.00439. The summed E-state index contributed by atoms with van der Waals surface area (Å²) >= 11 is 0. The van der Waals surface area contributed by atoms with Crippen LogP contribution in [-0.2, 0) is 9.47 Å². The largest absolute Gasteiger partial charge is 0.497 e. The van der Waals surface area contributed by atoms with E-state index in [-0.39, 0.29) is 6.10 Å². The first-order valence-electron chi connectivity index (χ1n) is 7.35. The van der Waals surface area contributed by atoms with Crippen LogP contribution in [-0.4, -0.2) is 40.0 Å². The fraction of sp³-hybridized carbons (Fsp3) is 0.625. The third kappa shape index (κ3) is 6.37. The van der Waals surface area contributed by atoms with Gasteiger partial charge in [-0.05, 0) is 30.7 Å². The van der Waals surface area contributed by atoms with Crippen LogP contribution in [0.25, 0.3) is 0 Å². The molecule has 1 aromatic rings. The number of nitrogens with one attached hydrogen (secondary N) is 1. The number of ether oxygens (including phenoxy) is 3. The summed E-state index contributed by atoms with van der Waals surface area (Å²) < 4.78 is 16.6. The maximum Gasteiger partial charge on any atom is 0.119 e. The van der Waals surface area contributed by atoms with E-state index in [1.165, 1.54) is 0 Å². The third-order valence-corrected chi connectivity index (χ3v) is 2.94. The molecule has 1 atom stereocenters. The van der Waals surface area contributed by atoms with Crippen LogP contribution in [0.2, 0.25) is 0 Å². The molecular formula is C16H27NO3. The first-order chi connectivity index (χ1) is 9.81. The lowest BCUT2D eigenvalue weighted by atomic mass is 10.1. The Kier molecular flexibility index (Phi) is 9.04. The fourth-order valence-corrected chi connectivity index (χ4v) is 1.89. The van der Waals surface area contributed by atoms with Crippen molar-refractivity contribution in [1.29, 1.82) is 0 Å². The standard InChI is InChI=1S/C16H27NO3/c1-4-9-19-10-11-20-16(13-17-5-2)14-7-6-8-15(12-14)18-3/h6-8,12,16-17H,4-5,9-11,13H2,1-3H3. The highest BCUT2D eigenvalue weighted by Crippen LogP contribution is 2.21. The maximum atomic E-state index is 5.93. The van der Waals surface area contributed by atoms with Crippen molar-refractivity contribution in [3.8, 4) is 5.75 Å². The monoisotopic (exact) mass is 281 g/mol. The summed E-state index contributed by atoms with van der Waals surface area (Å²) in [4.78, 5) is 0. The molecule has 0 aromatic heterocycles. The summed E-state index contributed by atoms with van der Waals surface area (Å²) in [5.74, 6) is 0.856. The fourth-order valence-electron chi connectivity index (χ4n) is 1.89. The predicted octanol–water partition coefficient (Wildman–Crippen LogP) is 2.79. The lowest BCUT2D eigenvalue weighted by Crippen LogP contribution is -2.24. The number of hydrogen-bond donors (Lipinski definition) is 1. The van der Waals surface area contributed by atoms with Crippen LogP contribution in [0, 0.1) is 0 Å². The predicted molar refractivity (Wildman–Crippen MR) is 81.3 cm³/mol. The van der Waals surface area contributed by atoms with E-state index >= 15 is 0 Å². The van der Waals surface area contributed by atoms with Gasteiger partial charge in [0.25, 0.3) is 0 Å². The smallest absolute Gasteiger partial charge is 0.119 e. The van der Waals surface area contributed by atoms with E-state index in [1.54, 1.807) is 7.11 Å². The number of rotatable bonds is 11. The van der Waals surface area contributed by atoms with Gasteiger partial charge in [0.05, 0.1) is 26.4 Å². The quantitative estimate of drug-likeness (QED) is 0.633. The van der Waals surface area contributed by atoms with Crippen LogP contribution in [0.4, 0.5) is 0 Å². The molecule has 4 nitrogen and oxygen atoms in total. The van der Waals surface area contributed by atoms with E-state index in [0.29, 0.717) is 13.2 Å². The van der Waals surface area contributed by atoms with Crippen molar-refractivity contribution >= 4 is 0 Å². The second kappa shape index (κ2) is 10.7. The Hall–Kier alpha value is -1.10. The molecule has 0 spiro atoms. The van der Waals surface area contributed by atoms with Crippen LogP contribution in [0.1, 0.15) is 31.9 Å². The second-order valence-corrected chi connectivity index (χ2v) is 4.56. The van der Waals surface area contributed by atoms with Gasteiger partial charge in [-0.15, -0.1) is 0 Å². The molecule has 0 radical (unpaired) electrons. The number of methoxy groups -OCH3 is 1. The van der Waals surface area contributed by atoms with Gasteiger partial charge in [-0.1, -0.05) is 26.0 Å². The minimum Gasteiger partial charge on any atom is -0.497 e. The van der Waals surface area contributed by atoms with E-state index in [0.717, 1.165) is 37.4 Å². The Balaban J connectivity index is 2.53. The van der Waals surface area contributed by atoms with E-state index < -0.39 is 0 Å². The Morgan fingerprint density at radius 1 is 1.15 bits per heavy atom. The summed E-state index contributed by atoms with van der Waals surface area (Å²) in [5.41, 5.74) is 1.13. The van der Waals surface area contributed by atoms with Crippen molar-refractivity contribution in [1.82, 2.24) is 5.32 Å². The highest BCUT2D eigenvalue weighted by Gasteiger charge is 2.12. The van der Waals surface area contributed by atoms with Crippen molar-refractivity contribution < 1.29 is 14.2 Å². The van der Waals surface area contributed by atoms with Gasteiger partial charge in [-0.25, -0.2) is 0 Å². The van der Waals surface area contributed by atoms with Crippen LogP contribution >= 0.6 is 0 Å². The average Bonchev–Trinajstić information content (AvgIpc) is 2.50. The van der Waals surface area contributed by atoms with Crippen molar-refractivity contribution in [2.45, 2.75) is 26.4 Å². The van der Waals surface area contributed by atoms with Crippen LogP contribution in [0.5, 0.6) is 5.75 Å². The molecule has 0 bridgehead atoms. The minimum absolute atomic E-state index is 0.0234. The van der Waals surface area contributed by atoms with Crippen LogP contribution < -0.4 is 10.1 Å². The molecule has 20 heavy (non-hydrogen) atoms. The molecular weight excluding hydrogens is 254 g/mol.